The Labute approximate surface area is 158 Å². The van der Waals surface area contributed by atoms with Gasteiger partial charge in [0.1, 0.15) is 5.82 Å². The number of aromatic nitrogens is 2. The first-order chi connectivity index (χ1) is 12.7. The molecule has 0 N–H and O–H groups in total. The van der Waals surface area contributed by atoms with Crippen molar-refractivity contribution < 1.29 is 14.2 Å². The van der Waals surface area contributed by atoms with E-state index in [1.165, 1.54) is 0 Å². The Bertz CT molecular complexity index is 892. The third kappa shape index (κ3) is 3.94. The van der Waals surface area contributed by atoms with Crippen LogP contribution in [0.4, 0.5) is 0 Å². The minimum atomic E-state index is 0.632. The quantitative estimate of drug-likeness (QED) is 0.550. The van der Waals surface area contributed by atoms with Gasteiger partial charge in [0.05, 0.1) is 31.9 Å². The Kier molecular flexibility index (Phi) is 6.01. The van der Waals surface area contributed by atoms with E-state index in [0.29, 0.717) is 36.2 Å². The van der Waals surface area contributed by atoms with Crippen LogP contribution in [-0.2, 0) is 17.7 Å². The molecule has 1 aromatic heterocycles. The van der Waals surface area contributed by atoms with Crippen molar-refractivity contribution in [2.24, 2.45) is 0 Å². The van der Waals surface area contributed by atoms with E-state index in [1.807, 2.05) is 43.3 Å². The lowest BCUT2D eigenvalue weighted by molar-refractivity contribution is 0.139. The maximum Gasteiger partial charge on any atom is 0.161 e. The Morgan fingerprint density at radius 3 is 2.58 bits per heavy atom. The Morgan fingerprint density at radius 2 is 1.85 bits per heavy atom. The van der Waals surface area contributed by atoms with E-state index in [-0.39, 0.29) is 0 Å². The fraction of sp³-hybridized carbons (Fsp3) is 0.350. The molecular weight excluding hydrogens is 352 g/mol. The van der Waals surface area contributed by atoms with Crippen LogP contribution in [0.25, 0.3) is 11.0 Å². The zero-order chi connectivity index (χ0) is 18.5. The lowest BCUT2D eigenvalue weighted by atomic mass is 10.1. The molecule has 6 heteroatoms. The third-order valence-corrected chi connectivity index (χ3v) is 4.50. The SMILES string of the molecule is CCOCCn1c(Cc2ccc(OC)c(OC)c2)nc2ccc(Cl)cc21. The van der Waals surface area contributed by atoms with Crippen molar-refractivity contribution in [1.82, 2.24) is 9.55 Å². The molecule has 0 amide bonds. The maximum absolute atomic E-state index is 6.19. The molecule has 0 bridgehead atoms. The van der Waals surface area contributed by atoms with Crippen molar-refractivity contribution in [2.75, 3.05) is 27.4 Å². The molecule has 0 saturated heterocycles. The van der Waals surface area contributed by atoms with Gasteiger partial charge in [-0.15, -0.1) is 0 Å². The molecule has 2 aromatic carbocycles. The Morgan fingerprint density at radius 1 is 1.04 bits per heavy atom. The van der Waals surface area contributed by atoms with Gasteiger partial charge in [-0.1, -0.05) is 17.7 Å². The number of fused-ring (bicyclic) bond motifs is 1. The lowest BCUT2D eigenvalue weighted by Gasteiger charge is -2.12. The number of ether oxygens (including phenoxy) is 3. The Balaban J connectivity index is 1.97. The van der Waals surface area contributed by atoms with Crippen LogP contribution >= 0.6 is 11.6 Å². The highest BCUT2D eigenvalue weighted by atomic mass is 35.5. The molecule has 3 rings (SSSR count). The first-order valence-electron chi connectivity index (χ1n) is 8.59. The van der Waals surface area contributed by atoms with Gasteiger partial charge in [0.15, 0.2) is 11.5 Å². The van der Waals surface area contributed by atoms with E-state index in [0.717, 1.165) is 29.0 Å². The largest absolute Gasteiger partial charge is 0.493 e. The van der Waals surface area contributed by atoms with Crippen molar-refractivity contribution >= 4 is 22.6 Å². The van der Waals surface area contributed by atoms with Crippen molar-refractivity contribution in [3.8, 4) is 11.5 Å². The summed E-state index contributed by atoms with van der Waals surface area (Å²) in [5.74, 6) is 2.40. The minimum Gasteiger partial charge on any atom is -0.493 e. The van der Waals surface area contributed by atoms with Gasteiger partial charge in [0.2, 0.25) is 0 Å². The van der Waals surface area contributed by atoms with Gasteiger partial charge in [-0.2, -0.15) is 0 Å². The average molecular weight is 375 g/mol. The summed E-state index contributed by atoms with van der Waals surface area (Å²) in [5.41, 5.74) is 3.05. The smallest absolute Gasteiger partial charge is 0.161 e. The van der Waals surface area contributed by atoms with Crippen molar-refractivity contribution in [3.63, 3.8) is 0 Å². The highest BCUT2D eigenvalue weighted by Crippen LogP contribution is 2.29. The van der Waals surface area contributed by atoms with Crippen LogP contribution in [0.3, 0.4) is 0 Å². The monoisotopic (exact) mass is 374 g/mol. The molecule has 5 nitrogen and oxygen atoms in total. The molecule has 3 aromatic rings. The standard InChI is InChI=1S/C20H23ClN2O3/c1-4-26-10-9-23-17-13-15(21)6-7-16(17)22-20(23)12-14-5-8-18(24-2)19(11-14)25-3/h5-8,11,13H,4,9-10,12H2,1-3H3. The van der Waals surface area contributed by atoms with Crippen LogP contribution < -0.4 is 9.47 Å². The molecule has 0 radical (unpaired) electrons. The molecule has 1 heterocycles. The Hall–Kier alpha value is -2.24. The molecule has 26 heavy (non-hydrogen) atoms. The van der Waals surface area contributed by atoms with Crippen LogP contribution in [0.15, 0.2) is 36.4 Å². The maximum atomic E-state index is 6.19. The minimum absolute atomic E-state index is 0.632. The second-order valence-corrected chi connectivity index (χ2v) is 6.31. The summed E-state index contributed by atoms with van der Waals surface area (Å²) in [5, 5.41) is 0.702. The number of rotatable bonds is 8. The topological polar surface area (TPSA) is 45.5 Å². The fourth-order valence-electron chi connectivity index (χ4n) is 3.00. The van der Waals surface area contributed by atoms with Gasteiger partial charge in [-0.25, -0.2) is 4.98 Å². The molecule has 0 unspecified atom stereocenters. The number of benzene rings is 2. The summed E-state index contributed by atoms with van der Waals surface area (Å²) < 4.78 is 18.4. The predicted octanol–water partition coefficient (Wildman–Crippen LogP) is 4.33. The van der Waals surface area contributed by atoms with Crippen LogP contribution in [0.5, 0.6) is 11.5 Å². The number of hydrogen-bond donors (Lipinski definition) is 0. The van der Waals surface area contributed by atoms with Crippen LogP contribution in [0, 0.1) is 0 Å². The molecule has 0 aliphatic rings. The molecule has 0 saturated carbocycles. The van der Waals surface area contributed by atoms with E-state index in [9.17, 15) is 0 Å². The van der Waals surface area contributed by atoms with Crippen LogP contribution in [0.1, 0.15) is 18.3 Å². The lowest BCUT2D eigenvalue weighted by Crippen LogP contribution is -2.10. The van der Waals surface area contributed by atoms with Crippen molar-refractivity contribution in [2.45, 2.75) is 19.9 Å². The van der Waals surface area contributed by atoms with Crippen molar-refractivity contribution in [3.05, 3.63) is 52.8 Å². The summed E-state index contributed by atoms with van der Waals surface area (Å²) in [4.78, 5) is 4.80. The van der Waals surface area contributed by atoms with Gasteiger partial charge in [0, 0.05) is 24.6 Å². The summed E-state index contributed by atoms with van der Waals surface area (Å²) in [6.45, 7) is 4.05. The highest BCUT2D eigenvalue weighted by molar-refractivity contribution is 6.31. The zero-order valence-corrected chi connectivity index (χ0v) is 16.0. The molecule has 0 spiro atoms. The highest BCUT2D eigenvalue weighted by Gasteiger charge is 2.13. The molecule has 0 atom stereocenters. The number of methoxy groups -OCH3 is 2. The first kappa shape index (κ1) is 18.5. The second kappa shape index (κ2) is 8.43. The average Bonchev–Trinajstić information content (AvgIpc) is 2.98. The normalized spacial score (nSPS) is 11.1. The number of nitrogens with zero attached hydrogens (tertiary/aromatic N) is 2. The first-order valence-corrected chi connectivity index (χ1v) is 8.97. The van der Waals surface area contributed by atoms with E-state index in [4.69, 9.17) is 30.8 Å². The third-order valence-electron chi connectivity index (χ3n) is 4.26. The molecule has 0 aliphatic heterocycles. The summed E-state index contributed by atoms with van der Waals surface area (Å²) in [6.07, 6.45) is 0.679. The summed E-state index contributed by atoms with van der Waals surface area (Å²) in [7, 11) is 3.27. The van der Waals surface area contributed by atoms with Gasteiger partial charge >= 0.3 is 0 Å². The van der Waals surface area contributed by atoms with E-state index in [2.05, 4.69) is 4.57 Å². The fourth-order valence-corrected chi connectivity index (χ4v) is 3.17. The van der Waals surface area contributed by atoms with E-state index < -0.39 is 0 Å². The van der Waals surface area contributed by atoms with Crippen molar-refractivity contribution in [1.29, 1.82) is 0 Å². The summed E-state index contributed by atoms with van der Waals surface area (Å²) in [6, 6.07) is 11.7. The van der Waals surface area contributed by atoms with Gasteiger partial charge < -0.3 is 18.8 Å². The zero-order valence-electron chi connectivity index (χ0n) is 15.3. The van der Waals surface area contributed by atoms with Gasteiger partial charge in [0.25, 0.3) is 0 Å². The molecule has 138 valence electrons. The molecule has 0 fully saturated rings. The molecule has 0 aliphatic carbocycles. The number of hydrogen-bond acceptors (Lipinski definition) is 4. The second-order valence-electron chi connectivity index (χ2n) is 5.88. The number of imidazole rings is 1. The van der Waals surface area contributed by atoms with Gasteiger partial charge in [-0.3, -0.25) is 0 Å². The van der Waals surface area contributed by atoms with E-state index >= 15 is 0 Å². The number of halogens is 1. The predicted molar refractivity (Wildman–Crippen MR) is 104 cm³/mol. The summed E-state index contributed by atoms with van der Waals surface area (Å²) >= 11 is 6.19. The van der Waals surface area contributed by atoms with Gasteiger partial charge in [-0.05, 0) is 42.8 Å². The van der Waals surface area contributed by atoms with E-state index in [1.54, 1.807) is 14.2 Å². The van der Waals surface area contributed by atoms with Crippen LogP contribution in [-0.4, -0.2) is 37.0 Å². The molecular formula is C20H23ClN2O3. The van der Waals surface area contributed by atoms with Crippen LogP contribution in [0.2, 0.25) is 5.02 Å².